The Balaban J connectivity index is 0.000000204. The summed E-state index contributed by atoms with van der Waals surface area (Å²) in [5.74, 6) is 0. The van der Waals surface area contributed by atoms with Gasteiger partial charge in [-0.1, -0.05) is 24.3 Å². The van der Waals surface area contributed by atoms with Gasteiger partial charge in [-0.15, -0.1) is 35.9 Å². The summed E-state index contributed by atoms with van der Waals surface area (Å²) in [7, 11) is 0. The molecule has 3 heterocycles. The number of benzene rings is 1. The van der Waals surface area contributed by atoms with Crippen LogP contribution in [0.1, 0.15) is 0 Å². The molecule has 0 aliphatic carbocycles. The van der Waals surface area contributed by atoms with Crippen LogP contribution >= 0.6 is 0 Å². The molecule has 4 aromatic rings. The van der Waals surface area contributed by atoms with E-state index >= 15 is 0 Å². The van der Waals surface area contributed by atoms with E-state index in [1.54, 1.807) is 31.0 Å². The van der Waals surface area contributed by atoms with Crippen LogP contribution in [0.25, 0.3) is 11.3 Å². The first-order chi connectivity index (χ1) is 12.0. The predicted molar refractivity (Wildman–Crippen MR) is 97.0 cm³/mol. The second kappa shape index (κ2) is 14.0. The van der Waals surface area contributed by atoms with E-state index in [0.29, 0.717) is 0 Å². The Morgan fingerprint density at radius 3 is 1.48 bits per heavy atom. The normalized spacial score (nSPS) is 8.48. The van der Waals surface area contributed by atoms with Gasteiger partial charge in [0.25, 0.3) is 0 Å². The molecule has 0 atom stereocenters. The number of aromatic nitrogens is 3. The van der Waals surface area contributed by atoms with Gasteiger partial charge in [0.1, 0.15) is 0 Å². The second-order valence-corrected chi connectivity index (χ2v) is 4.54. The van der Waals surface area contributed by atoms with Crippen molar-refractivity contribution in [2.45, 2.75) is 0 Å². The van der Waals surface area contributed by atoms with E-state index in [1.165, 1.54) is 0 Å². The Morgan fingerprint density at radius 1 is 0.560 bits per heavy atom. The SMILES string of the molecule is [Pu].[c-]1ccccc1-c1ccccn1.c1ccncc1.c1ccncc1. The molecular formula is C21H18N3Pu-. The van der Waals surface area contributed by atoms with E-state index in [9.17, 15) is 0 Å². The van der Waals surface area contributed by atoms with Gasteiger partial charge >= 0.3 is 0 Å². The van der Waals surface area contributed by atoms with Crippen molar-refractivity contribution >= 4 is 0 Å². The van der Waals surface area contributed by atoms with Crippen molar-refractivity contribution in [1.29, 1.82) is 0 Å². The summed E-state index contributed by atoms with van der Waals surface area (Å²) in [5, 5.41) is 0. The Morgan fingerprint density at radius 2 is 1.12 bits per heavy atom. The van der Waals surface area contributed by atoms with Gasteiger partial charge in [0.05, 0.1) is 0 Å². The first kappa shape index (κ1) is 20.7. The zero-order chi connectivity index (χ0) is 16.7. The monoisotopic (exact) mass is 550 g/mol. The van der Waals surface area contributed by atoms with Gasteiger partial charge in [0.15, 0.2) is 0 Å². The minimum Gasteiger partial charge on any atom is -0.305 e. The van der Waals surface area contributed by atoms with Crippen LogP contribution in [-0.2, 0) is 0 Å². The van der Waals surface area contributed by atoms with Crippen molar-refractivity contribution in [2.24, 2.45) is 0 Å². The van der Waals surface area contributed by atoms with E-state index in [1.807, 2.05) is 78.9 Å². The zero-order valence-electron chi connectivity index (χ0n) is 13.6. The summed E-state index contributed by atoms with van der Waals surface area (Å²) in [6, 6.07) is 28.2. The van der Waals surface area contributed by atoms with E-state index in [4.69, 9.17) is 0 Å². The molecule has 4 rings (SSSR count). The summed E-state index contributed by atoms with van der Waals surface area (Å²) in [4.78, 5) is 11.8. The van der Waals surface area contributed by atoms with Crippen molar-refractivity contribution in [1.82, 2.24) is 15.0 Å². The minimum atomic E-state index is 0. The fraction of sp³-hybridized carbons (Fsp3) is 0. The Hall–Kier alpha value is -2.34. The summed E-state index contributed by atoms with van der Waals surface area (Å²) in [6.45, 7) is 0. The third-order valence-corrected chi connectivity index (χ3v) is 2.78. The molecular weight excluding hydrogens is 538 g/mol. The summed E-state index contributed by atoms with van der Waals surface area (Å²) in [6.07, 6.45) is 8.79. The maximum atomic E-state index is 4.22. The third-order valence-electron chi connectivity index (χ3n) is 2.78. The topological polar surface area (TPSA) is 38.7 Å². The van der Waals surface area contributed by atoms with E-state index in [0.717, 1.165) is 11.3 Å². The number of nitrogens with zero attached hydrogens (tertiary/aromatic N) is 3. The molecule has 0 N–H and O–H groups in total. The van der Waals surface area contributed by atoms with Crippen molar-refractivity contribution < 1.29 is 29.2 Å². The van der Waals surface area contributed by atoms with Crippen LogP contribution in [0.15, 0.2) is 110 Å². The quantitative estimate of drug-likeness (QED) is 0.319. The maximum absolute atomic E-state index is 4.22. The van der Waals surface area contributed by atoms with Crippen LogP contribution in [0.5, 0.6) is 0 Å². The summed E-state index contributed by atoms with van der Waals surface area (Å²) in [5.41, 5.74) is 2.01. The molecule has 0 spiro atoms. The van der Waals surface area contributed by atoms with Gasteiger partial charge in [-0.2, -0.15) is 0 Å². The smallest absolute Gasteiger partial charge is 0.0267 e. The van der Waals surface area contributed by atoms with Crippen LogP contribution in [0, 0.1) is 35.2 Å². The Bertz CT molecular complexity index is 629. The van der Waals surface area contributed by atoms with Crippen molar-refractivity contribution in [3.63, 3.8) is 0 Å². The molecule has 0 unspecified atom stereocenters. The first-order valence-electron chi connectivity index (χ1n) is 7.55. The van der Waals surface area contributed by atoms with Crippen LogP contribution in [0.3, 0.4) is 0 Å². The second-order valence-electron chi connectivity index (χ2n) is 4.54. The molecule has 0 aliphatic heterocycles. The molecule has 4 heteroatoms. The predicted octanol–water partition coefficient (Wildman–Crippen LogP) is 4.71. The van der Waals surface area contributed by atoms with Crippen molar-refractivity contribution in [3.05, 3.63) is 116 Å². The summed E-state index contributed by atoms with van der Waals surface area (Å²) < 4.78 is 0. The average Bonchev–Trinajstić information content (AvgIpc) is 2.73. The standard InChI is InChI=1S/C11H8N.2C5H5N.Pu/c1-2-6-10(7-3-1)11-8-4-5-9-12-11;2*1-2-4-6-5-3-1;/h1-6,8-9H;2*1-5H;/q-1;;;. The van der Waals surface area contributed by atoms with Crippen LogP contribution in [-0.4, -0.2) is 15.0 Å². The van der Waals surface area contributed by atoms with Crippen LogP contribution in [0.2, 0.25) is 0 Å². The Labute approximate surface area is 170 Å². The molecule has 3 aromatic heterocycles. The van der Waals surface area contributed by atoms with Crippen molar-refractivity contribution in [2.75, 3.05) is 0 Å². The summed E-state index contributed by atoms with van der Waals surface area (Å²) >= 11 is 0. The molecule has 1 aromatic carbocycles. The van der Waals surface area contributed by atoms with Gasteiger partial charge in [-0.3, -0.25) is 9.97 Å². The van der Waals surface area contributed by atoms with E-state index < -0.39 is 0 Å². The third kappa shape index (κ3) is 9.51. The molecule has 25 heavy (non-hydrogen) atoms. The van der Waals surface area contributed by atoms with E-state index in [-0.39, 0.29) is 29.2 Å². The number of hydrogen-bond acceptors (Lipinski definition) is 3. The van der Waals surface area contributed by atoms with Gasteiger partial charge in [-0.25, -0.2) is 0 Å². The van der Waals surface area contributed by atoms with Crippen molar-refractivity contribution in [3.8, 4) is 11.3 Å². The molecule has 0 fully saturated rings. The zero-order valence-corrected chi connectivity index (χ0v) is 17.0. The molecule has 0 bridgehead atoms. The molecule has 0 radical (unpaired) electrons. The van der Waals surface area contributed by atoms with Gasteiger partial charge in [0, 0.05) is 60.2 Å². The number of hydrogen-bond donors (Lipinski definition) is 0. The maximum Gasteiger partial charge on any atom is 0.0267 e. The Kier molecular flexibility index (Phi) is 11.6. The van der Waals surface area contributed by atoms with Gasteiger partial charge in [-0.05, 0) is 36.0 Å². The first-order valence-corrected chi connectivity index (χ1v) is 7.55. The van der Waals surface area contributed by atoms with Crippen LogP contribution in [0.4, 0.5) is 0 Å². The molecule has 0 aliphatic rings. The molecule has 0 saturated carbocycles. The van der Waals surface area contributed by atoms with E-state index in [2.05, 4.69) is 21.0 Å². The molecule has 124 valence electrons. The number of pyridine rings is 3. The fourth-order valence-corrected chi connectivity index (χ4v) is 1.70. The van der Waals surface area contributed by atoms with Crippen LogP contribution < -0.4 is 0 Å². The molecule has 0 amide bonds. The largest absolute Gasteiger partial charge is 0.305 e. The minimum absolute atomic E-state index is 0. The van der Waals surface area contributed by atoms with Gasteiger partial charge < -0.3 is 4.98 Å². The van der Waals surface area contributed by atoms with Gasteiger partial charge in [0.2, 0.25) is 0 Å². The average molecular weight is 556 g/mol. The molecule has 0 saturated heterocycles. The fourth-order valence-electron chi connectivity index (χ4n) is 1.70. The molecule has 3 nitrogen and oxygen atoms in total. The number of rotatable bonds is 1.